The summed E-state index contributed by atoms with van der Waals surface area (Å²) in [5, 5.41) is 10.2. The van der Waals surface area contributed by atoms with Crippen LogP contribution in [-0.2, 0) is 0 Å². The number of hydrogen-bond acceptors (Lipinski definition) is 4. The molecular formula is C2H3N4OS. The van der Waals surface area contributed by atoms with Crippen LogP contribution in [0.15, 0.2) is 5.16 Å². The van der Waals surface area contributed by atoms with Gasteiger partial charge in [0.15, 0.2) is 0 Å². The lowest BCUT2D eigenvalue weighted by atomic mass is 11.4. The summed E-state index contributed by atoms with van der Waals surface area (Å²) in [4.78, 5) is 5.61. The molecule has 43 valence electrons. The molecule has 6 heteroatoms. The second-order valence-corrected chi connectivity index (χ2v) is 1.38. The van der Waals surface area contributed by atoms with Gasteiger partial charge in [-0.3, -0.25) is 0 Å². The maximum absolute atomic E-state index is 4.59. The molecule has 0 aliphatic heterocycles. The molecule has 0 aliphatic carbocycles. The molecule has 0 saturated carbocycles. The molecule has 0 fully saturated rings. The van der Waals surface area contributed by atoms with Gasteiger partial charge >= 0.3 is 0 Å². The minimum absolute atomic E-state index is 0.229. The van der Waals surface area contributed by atoms with Crippen molar-refractivity contribution in [3.05, 3.63) is 0 Å². The second kappa shape index (κ2) is 1.91. The average molecular weight is 131 g/mol. The molecule has 1 rings (SSSR count). The highest BCUT2D eigenvalue weighted by molar-refractivity contribution is 7.80. The smallest absolute Gasteiger partial charge is 0.278 e. The molecule has 1 aromatic rings. The molecule has 1 aromatic heterocycles. The molecule has 0 bridgehead atoms. The van der Waals surface area contributed by atoms with Crippen molar-refractivity contribution in [1.82, 2.24) is 20.4 Å². The van der Waals surface area contributed by atoms with E-state index in [2.05, 4.69) is 33.0 Å². The Labute approximate surface area is 51.0 Å². The van der Waals surface area contributed by atoms with Gasteiger partial charge in [0.2, 0.25) is 0 Å². The minimum atomic E-state index is 0.229. The van der Waals surface area contributed by atoms with E-state index in [1.54, 1.807) is 0 Å². The lowest BCUT2D eigenvalue weighted by Gasteiger charge is -1.91. The highest BCUT2D eigenvalue weighted by Gasteiger charge is 1.97. The Bertz CT molecular complexity index is 174. The van der Waals surface area contributed by atoms with Gasteiger partial charge in [-0.25, -0.2) is 0 Å². The van der Waals surface area contributed by atoms with Crippen molar-refractivity contribution in [3.63, 3.8) is 0 Å². The standard InChI is InChI=1S/C2H3N4OS/c1-7-6-2(8)3-4-5-6/h1H3. The van der Waals surface area contributed by atoms with Crippen LogP contribution in [0.2, 0.25) is 0 Å². The molecular weight excluding hydrogens is 128 g/mol. The molecule has 0 unspecified atom stereocenters. The molecule has 1 radical (unpaired) electrons. The summed E-state index contributed by atoms with van der Waals surface area (Å²) >= 11 is 4.59. The number of tetrazole rings is 1. The molecule has 0 aliphatic rings. The summed E-state index contributed by atoms with van der Waals surface area (Å²) in [6.07, 6.45) is 0. The summed E-state index contributed by atoms with van der Waals surface area (Å²) in [5.41, 5.74) is 0. The number of rotatable bonds is 1. The van der Waals surface area contributed by atoms with Crippen molar-refractivity contribution in [2.45, 2.75) is 5.16 Å². The van der Waals surface area contributed by atoms with Gasteiger partial charge in [0.1, 0.15) is 7.11 Å². The lowest BCUT2D eigenvalue weighted by molar-refractivity contribution is 0.108. The third kappa shape index (κ3) is 0.692. The van der Waals surface area contributed by atoms with Crippen molar-refractivity contribution in [1.29, 1.82) is 0 Å². The fraction of sp³-hybridized carbons (Fsp3) is 0.500. The van der Waals surface area contributed by atoms with E-state index >= 15 is 0 Å². The van der Waals surface area contributed by atoms with E-state index < -0.39 is 0 Å². The van der Waals surface area contributed by atoms with Gasteiger partial charge in [-0.2, -0.15) is 0 Å². The van der Waals surface area contributed by atoms with E-state index in [0.717, 1.165) is 4.85 Å². The van der Waals surface area contributed by atoms with Crippen LogP contribution >= 0.6 is 12.6 Å². The molecule has 8 heavy (non-hydrogen) atoms. The fourth-order valence-corrected chi connectivity index (χ4v) is 0.433. The molecule has 0 aromatic carbocycles. The van der Waals surface area contributed by atoms with E-state index in [-0.39, 0.29) is 5.16 Å². The summed E-state index contributed by atoms with van der Waals surface area (Å²) < 4.78 is 0. The van der Waals surface area contributed by atoms with Crippen LogP contribution in [0.25, 0.3) is 0 Å². The van der Waals surface area contributed by atoms with Gasteiger partial charge < -0.3 is 4.84 Å². The van der Waals surface area contributed by atoms with E-state index in [1.165, 1.54) is 7.11 Å². The molecule has 0 saturated heterocycles. The molecule has 0 atom stereocenters. The van der Waals surface area contributed by atoms with Crippen molar-refractivity contribution in [3.8, 4) is 0 Å². The predicted octanol–water partition coefficient (Wildman–Crippen LogP) is -0.712. The van der Waals surface area contributed by atoms with Gasteiger partial charge in [-0.15, -0.1) is 0 Å². The Hall–Kier alpha value is -0.910. The normalized spacial score (nSPS) is 9.12. The van der Waals surface area contributed by atoms with Gasteiger partial charge in [0.05, 0.1) is 0 Å². The summed E-state index contributed by atoms with van der Waals surface area (Å²) in [5.74, 6) is 0. The van der Waals surface area contributed by atoms with Crippen molar-refractivity contribution in [2.75, 3.05) is 7.11 Å². The number of nitrogens with zero attached hydrogens (tertiary/aromatic N) is 4. The van der Waals surface area contributed by atoms with Crippen molar-refractivity contribution >= 4 is 12.6 Å². The molecule has 0 N–H and O–H groups in total. The Morgan fingerprint density at radius 1 is 1.75 bits per heavy atom. The van der Waals surface area contributed by atoms with Crippen molar-refractivity contribution < 1.29 is 4.84 Å². The monoisotopic (exact) mass is 131 g/mol. The van der Waals surface area contributed by atoms with Crippen LogP contribution in [0.3, 0.4) is 0 Å². The first-order valence-electron chi connectivity index (χ1n) is 1.84. The molecule has 5 nitrogen and oxygen atoms in total. The van der Waals surface area contributed by atoms with Crippen LogP contribution in [0.1, 0.15) is 0 Å². The zero-order valence-corrected chi connectivity index (χ0v) is 4.92. The minimum Gasteiger partial charge on any atom is -0.396 e. The second-order valence-electron chi connectivity index (χ2n) is 1.02. The molecule has 0 spiro atoms. The highest BCUT2D eigenvalue weighted by Crippen LogP contribution is 1.91. The first kappa shape index (κ1) is 5.23. The number of hydrogen-bond donors (Lipinski definition) is 0. The first-order chi connectivity index (χ1) is 3.84. The third-order valence-corrected chi connectivity index (χ3v) is 0.826. The number of aromatic nitrogens is 4. The van der Waals surface area contributed by atoms with Gasteiger partial charge in [-0.1, -0.05) is 5.10 Å². The van der Waals surface area contributed by atoms with Crippen LogP contribution < -0.4 is 4.84 Å². The average Bonchev–Trinajstić information content (AvgIpc) is 2.14. The lowest BCUT2D eigenvalue weighted by Crippen LogP contribution is -2.07. The van der Waals surface area contributed by atoms with E-state index in [1.807, 2.05) is 0 Å². The quantitative estimate of drug-likeness (QED) is 0.505. The summed E-state index contributed by atoms with van der Waals surface area (Å²) in [7, 11) is 1.44. The largest absolute Gasteiger partial charge is 0.396 e. The Kier molecular flexibility index (Phi) is 1.25. The van der Waals surface area contributed by atoms with Crippen molar-refractivity contribution in [2.24, 2.45) is 0 Å². The maximum atomic E-state index is 4.59. The Morgan fingerprint density at radius 2 is 2.50 bits per heavy atom. The van der Waals surface area contributed by atoms with Gasteiger partial charge in [0.25, 0.3) is 5.16 Å². The topological polar surface area (TPSA) is 52.8 Å². The van der Waals surface area contributed by atoms with Crippen LogP contribution in [-0.4, -0.2) is 27.5 Å². The van der Waals surface area contributed by atoms with Gasteiger partial charge in [0, 0.05) is 0 Å². The molecule has 0 amide bonds. The summed E-state index contributed by atoms with van der Waals surface area (Å²) in [6.45, 7) is 0. The van der Waals surface area contributed by atoms with Crippen LogP contribution in [0, 0.1) is 0 Å². The third-order valence-electron chi connectivity index (χ3n) is 0.588. The SMILES string of the molecule is COn1nnnc1[S]. The maximum Gasteiger partial charge on any atom is 0.278 e. The zero-order chi connectivity index (χ0) is 5.98. The highest BCUT2D eigenvalue weighted by atomic mass is 32.1. The Balaban J connectivity index is 2.92. The Morgan fingerprint density at radius 3 is 2.75 bits per heavy atom. The predicted molar refractivity (Wildman–Crippen MR) is 26.2 cm³/mol. The van der Waals surface area contributed by atoms with Crippen LogP contribution in [0.4, 0.5) is 0 Å². The van der Waals surface area contributed by atoms with Gasteiger partial charge in [-0.05, 0) is 27.9 Å². The van der Waals surface area contributed by atoms with E-state index in [4.69, 9.17) is 0 Å². The first-order valence-corrected chi connectivity index (χ1v) is 2.25. The zero-order valence-electron chi connectivity index (χ0n) is 4.11. The van der Waals surface area contributed by atoms with E-state index in [0.29, 0.717) is 0 Å². The fourth-order valence-electron chi connectivity index (χ4n) is 0.286. The van der Waals surface area contributed by atoms with Crippen LogP contribution in [0.5, 0.6) is 0 Å². The summed E-state index contributed by atoms with van der Waals surface area (Å²) in [6, 6.07) is 0. The van der Waals surface area contributed by atoms with E-state index in [9.17, 15) is 0 Å². The molecule has 1 heterocycles.